The van der Waals surface area contributed by atoms with Crippen LogP contribution in [0.3, 0.4) is 0 Å². The average molecular weight is 274 g/mol. The van der Waals surface area contributed by atoms with Crippen LogP contribution in [0.1, 0.15) is 13.3 Å². The lowest BCUT2D eigenvalue weighted by molar-refractivity contribution is 0.00858. The normalized spacial score (nSPS) is 18.0. The molecule has 0 unspecified atom stereocenters. The molecule has 114 valence electrons. The summed E-state index contributed by atoms with van der Waals surface area (Å²) in [6.45, 7) is 12.1. The third-order valence-electron chi connectivity index (χ3n) is 3.24. The first kappa shape index (κ1) is 16.9. The second-order valence-corrected chi connectivity index (χ2v) is 4.98. The molecule has 0 N–H and O–H groups in total. The van der Waals surface area contributed by atoms with E-state index in [2.05, 4.69) is 23.8 Å². The summed E-state index contributed by atoms with van der Waals surface area (Å²) in [7, 11) is 2.18. The van der Waals surface area contributed by atoms with Gasteiger partial charge in [0.25, 0.3) is 0 Å². The summed E-state index contributed by atoms with van der Waals surface area (Å²) in [4.78, 5) is 4.82. The van der Waals surface area contributed by atoms with E-state index in [1.807, 2.05) is 0 Å². The van der Waals surface area contributed by atoms with Gasteiger partial charge in [0.05, 0.1) is 33.0 Å². The van der Waals surface area contributed by atoms with Crippen molar-refractivity contribution in [3.63, 3.8) is 0 Å². The molecule has 1 fully saturated rings. The monoisotopic (exact) mass is 274 g/mol. The van der Waals surface area contributed by atoms with Crippen LogP contribution in [-0.2, 0) is 14.2 Å². The first-order chi connectivity index (χ1) is 9.33. The number of likely N-dealkylation sites (N-methyl/N-ethyl adjacent to an activating group) is 1. The second-order valence-electron chi connectivity index (χ2n) is 4.98. The zero-order valence-electron chi connectivity index (χ0n) is 12.6. The summed E-state index contributed by atoms with van der Waals surface area (Å²) in [6.07, 6.45) is 1.06. The topological polar surface area (TPSA) is 34.2 Å². The highest BCUT2D eigenvalue weighted by Gasteiger charge is 2.12. The molecule has 1 aliphatic rings. The number of rotatable bonds is 11. The average Bonchev–Trinajstić information content (AvgIpc) is 2.43. The van der Waals surface area contributed by atoms with E-state index in [0.717, 1.165) is 39.3 Å². The molecule has 0 saturated carbocycles. The van der Waals surface area contributed by atoms with E-state index in [-0.39, 0.29) is 0 Å². The third kappa shape index (κ3) is 9.35. The van der Waals surface area contributed by atoms with E-state index in [1.165, 1.54) is 13.1 Å². The molecule has 0 radical (unpaired) electrons. The standard InChI is InChI=1S/C14H30N2O3/c1-3-9-17-11-13-19-14-12-18-10-8-16-6-4-15(2)5-7-16/h3-14H2,1-2H3. The molecule has 0 spiro atoms. The molecule has 0 aromatic rings. The highest BCUT2D eigenvalue weighted by atomic mass is 16.5. The molecule has 0 amide bonds. The Hall–Kier alpha value is -0.200. The summed E-state index contributed by atoms with van der Waals surface area (Å²) in [5.41, 5.74) is 0. The molecule has 1 aliphatic heterocycles. The quantitative estimate of drug-likeness (QED) is 0.518. The lowest BCUT2D eigenvalue weighted by Gasteiger charge is -2.32. The van der Waals surface area contributed by atoms with Crippen molar-refractivity contribution in [2.75, 3.05) is 79.4 Å². The van der Waals surface area contributed by atoms with Crippen LogP contribution in [0, 0.1) is 0 Å². The highest BCUT2D eigenvalue weighted by molar-refractivity contribution is 4.68. The van der Waals surface area contributed by atoms with Crippen LogP contribution in [0.5, 0.6) is 0 Å². The van der Waals surface area contributed by atoms with Gasteiger partial charge in [-0.05, 0) is 13.5 Å². The van der Waals surface area contributed by atoms with Gasteiger partial charge in [0.1, 0.15) is 0 Å². The number of hydrogen-bond donors (Lipinski definition) is 0. The second kappa shape index (κ2) is 11.6. The van der Waals surface area contributed by atoms with E-state index in [0.29, 0.717) is 26.4 Å². The summed E-state index contributed by atoms with van der Waals surface area (Å²) < 4.78 is 16.3. The van der Waals surface area contributed by atoms with Crippen molar-refractivity contribution in [3.8, 4) is 0 Å². The Bertz CT molecular complexity index is 197. The van der Waals surface area contributed by atoms with Gasteiger partial charge in [0, 0.05) is 39.3 Å². The Labute approximate surface area is 117 Å². The lowest BCUT2D eigenvalue weighted by Crippen LogP contribution is -2.45. The fraction of sp³-hybridized carbons (Fsp3) is 1.00. The fourth-order valence-corrected chi connectivity index (χ4v) is 1.95. The van der Waals surface area contributed by atoms with Crippen LogP contribution >= 0.6 is 0 Å². The summed E-state index contributed by atoms with van der Waals surface area (Å²) in [5.74, 6) is 0. The summed E-state index contributed by atoms with van der Waals surface area (Å²) in [6, 6.07) is 0. The molecule has 1 heterocycles. The van der Waals surface area contributed by atoms with Gasteiger partial charge >= 0.3 is 0 Å². The van der Waals surface area contributed by atoms with Gasteiger partial charge in [-0.15, -0.1) is 0 Å². The smallest absolute Gasteiger partial charge is 0.0701 e. The maximum absolute atomic E-state index is 5.57. The van der Waals surface area contributed by atoms with E-state index in [9.17, 15) is 0 Å². The van der Waals surface area contributed by atoms with Crippen molar-refractivity contribution in [1.29, 1.82) is 0 Å². The minimum Gasteiger partial charge on any atom is -0.379 e. The summed E-state index contributed by atoms with van der Waals surface area (Å²) in [5, 5.41) is 0. The number of nitrogens with zero attached hydrogens (tertiary/aromatic N) is 2. The lowest BCUT2D eigenvalue weighted by atomic mass is 10.3. The third-order valence-corrected chi connectivity index (χ3v) is 3.24. The van der Waals surface area contributed by atoms with Gasteiger partial charge in [-0.3, -0.25) is 4.90 Å². The predicted molar refractivity (Wildman–Crippen MR) is 76.7 cm³/mol. The Morgan fingerprint density at radius 2 is 1.26 bits per heavy atom. The molecular formula is C14H30N2O3. The van der Waals surface area contributed by atoms with Crippen molar-refractivity contribution in [2.45, 2.75) is 13.3 Å². The van der Waals surface area contributed by atoms with Crippen molar-refractivity contribution in [3.05, 3.63) is 0 Å². The Morgan fingerprint density at radius 3 is 1.84 bits per heavy atom. The molecule has 19 heavy (non-hydrogen) atoms. The first-order valence-electron chi connectivity index (χ1n) is 7.47. The Kier molecular flexibility index (Phi) is 10.3. The molecular weight excluding hydrogens is 244 g/mol. The number of piperazine rings is 1. The van der Waals surface area contributed by atoms with Crippen LogP contribution in [0.15, 0.2) is 0 Å². The van der Waals surface area contributed by atoms with Crippen LogP contribution in [-0.4, -0.2) is 89.2 Å². The number of hydrogen-bond acceptors (Lipinski definition) is 5. The van der Waals surface area contributed by atoms with E-state index < -0.39 is 0 Å². The van der Waals surface area contributed by atoms with Crippen molar-refractivity contribution < 1.29 is 14.2 Å². The van der Waals surface area contributed by atoms with E-state index in [4.69, 9.17) is 14.2 Å². The van der Waals surface area contributed by atoms with Crippen LogP contribution in [0.25, 0.3) is 0 Å². The molecule has 0 bridgehead atoms. The molecule has 0 atom stereocenters. The SMILES string of the molecule is CCCOCCOCCOCCN1CCN(C)CC1. The van der Waals surface area contributed by atoms with Gasteiger partial charge in [-0.2, -0.15) is 0 Å². The largest absolute Gasteiger partial charge is 0.379 e. The molecule has 0 aromatic carbocycles. The van der Waals surface area contributed by atoms with Gasteiger partial charge in [0.15, 0.2) is 0 Å². The highest BCUT2D eigenvalue weighted by Crippen LogP contribution is 1.98. The van der Waals surface area contributed by atoms with E-state index in [1.54, 1.807) is 0 Å². The van der Waals surface area contributed by atoms with Crippen LogP contribution < -0.4 is 0 Å². The zero-order chi connectivity index (χ0) is 13.8. The molecule has 0 aromatic heterocycles. The summed E-state index contributed by atoms with van der Waals surface area (Å²) >= 11 is 0. The van der Waals surface area contributed by atoms with Crippen LogP contribution in [0.4, 0.5) is 0 Å². The number of ether oxygens (including phenoxy) is 3. The predicted octanol–water partition coefficient (Wildman–Crippen LogP) is 0.694. The zero-order valence-corrected chi connectivity index (χ0v) is 12.6. The maximum Gasteiger partial charge on any atom is 0.0701 e. The Balaban J connectivity index is 1.76. The molecule has 1 rings (SSSR count). The molecule has 5 heteroatoms. The Morgan fingerprint density at radius 1 is 0.737 bits per heavy atom. The van der Waals surface area contributed by atoms with Gasteiger partial charge in [-0.1, -0.05) is 6.92 Å². The molecule has 1 saturated heterocycles. The minimum atomic E-state index is 0.665. The minimum absolute atomic E-state index is 0.665. The van der Waals surface area contributed by atoms with Gasteiger partial charge < -0.3 is 19.1 Å². The maximum atomic E-state index is 5.57. The molecule has 5 nitrogen and oxygen atoms in total. The van der Waals surface area contributed by atoms with Crippen molar-refractivity contribution in [2.24, 2.45) is 0 Å². The van der Waals surface area contributed by atoms with E-state index >= 15 is 0 Å². The fourth-order valence-electron chi connectivity index (χ4n) is 1.95. The van der Waals surface area contributed by atoms with Gasteiger partial charge in [0.2, 0.25) is 0 Å². The first-order valence-corrected chi connectivity index (χ1v) is 7.47. The van der Waals surface area contributed by atoms with Gasteiger partial charge in [-0.25, -0.2) is 0 Å². The van der Waals surface area contributed by atoms with Crippen molar-refractivity contribution >= 4 is 0 Å². The molecule has 0 aliphatic carbocycles. The van der Waals surface area contributed by atoms with Crippen LogP contribution in [0.2, 0.25) is 0 Å². The van der Waals surface area contributed by atoms with Crippen molar-refractivity contribution in [1.82, 2.24) is 9.80 Å².